The van der Waals surface area contributed by atoms with Crippen LogP contribution in [0.4, 0.5) is 0 Å². The van der Waals surface area contributed by atoms with Gasteiger partial charge >= 0.3 is 0 Å². The summed E-state index contributed by atoms with van der Waals surface area (Å²) >= 11 is 0. The molecule has 2 aliphatic carbocycles. The Morgan fingerprint density at radius 3 is 1.87 bits per heavy atom. The lowest BCUT2D eigenvalue weighted by Crippen LogP contribution is -2.26. The number of rotatable bonds is 4. The van der Waals surface area contributed by atoms with Gasteiger partial charge in [0.15, 0.2) is 5.84 Å². The third-order valence-corrected chi connectivity index (χ3v) is 11.1. The first-order valence-electron chi connectivity index (χ1n) is 18.3. The summed E-state index contributed by atoms with van der Waals surface area (Å²) in [4.78, 5) is 10.9. The molecule has 0 radical (unpaired) electrons. The smallest absolute Gasteiger partial charge is 0.160 e. The van der Waals surface area contributed by atoms with Crippen LogP contribution in [0, 0.1) is 0 Å². The van der Waals surface area contributed by atoms with Crippen molar-refractivity contribution in [2.45, 2.75) is 26.2 Å². The van der Waals surface area contributed by atoms with Crippen LogP contribution < -0.4 is 0 Å². The number of nitrogens with zero attached hydrogens (tertiary/aromatic N) is 2. The molecule has 0 bridgehead atoms. The van der Waals surface area contributed by atoms with Gasteiger partial charge in [0.05, 0.1) is 11.1 Å². The van der Waals surface area contributed by atoms with Gasteiger partial charge in [-0.05, 0) is 77.4 Å². The molecule has 10 rings (SSSR count). The molecule has 3 heteroatoms. The van der Waals surface area contributed by atoms with Crippen molar-refractivity contribution in [3.05, 3.63) is 208 Å². The van der Waals surface area contributed by atoms with Crippen LogP contribution >= 0.6 is 0 Å². The fourth-order valence-corrected chi connectivity index (χ4v) is 8.85. The number of benzene rings is 7. The summed E-state index contributed by atoms with van der Waals surface area (Å²) in [5.74, 6) is 0.684. The SMILES string of the molecule is CC(=NC(=NC(=C(C)C)c1ccccc1)c1cccc2c1-c1ccccc1C21c2ccccc2-c2ccc3c(oc4ccccc43)c21)c1ccccc1. The predicted molar refractivity (Wildman–Crippen MR) is 220 cm³/mol. The molecule has 0 aliphatic heterocycles. The molecule has 2 aliphatic rings. The fraction of sp³-hybridized carbons (Fsp3) is 0.0800. The zero-order valence-corrected chi connectivity index (χ0v) is 29.9. The van der Waals surface area contributed by atoms with Crippen molar-refractivity contribution in [3.8, 4) is 22.3 Å². The Morgan fingerprint density at radius 1 is 0.491 bits per heavy atom. The van der Waals surface area contributed by atoms with Gasteiger partial charge in [0.25, 0.3) is 0 Å². The van der Waals surface area contributed by atoms with Gasteiger partial charge in [-0.1, -0.05) is 157 Å². The first-order valence-corrected chi connectivity index (χ1v) is 18.3. The maximum absolute atomic E-state index is 6.90. The third kappa shape index (κ3) is 4.53. The average Bonchev–Trinajstić information content (AvgIpc) is 3.84. The average molecular weight is 681 g/mol. The summed E-state index contributed by atoms with van der Waals surface area (Å²) in [5.41, 5.74) is 17.0. The number of hydrogen-bond donors (Lipinski definition) is 0. The molecule has 0 saturated heterocycles. The van der Waals surface area contributed by atoms with E-state index in [1.54, 1.807) is 0 Å². The van der Waals surface area contributed by atoms with E-state index in [0.717, 1.165) is 61.2 Å². The first kappa shape index (κ1) is 31.2. The van der Waals surface area contributed by atoms with Crippen molar-refractivity contribution in [3.63, 3.8) is 0 Å². The Balaban J connectivity index is 1.32. The van der Waals surface area contributed by atoms with Crippen LogP contribution in [0.1, 0.15) is 59.7 Å². The van der Waals surface area contributed by atoms with Crippen LogP contribution in [-0.4, -0.2) is 11.5 Å². The Morgan fingerprint density at radius 2 is 1.11 bits per heavy atom. The number of allylic oxidation sites excluding steroid dienone is 1. The van der Waals surface area contributed by atoms with Crippen LogP contribution in [0.2, 0.25) is 0 Å². The predicted octanol–water partition coefficient (Wildman–Crippen LogP) is 12.6. The summed E-state index contributed by atoms with van der Waals surface area (Å²) in [6, 6.07) is 58.3. The van der Waals surface area contributed by atoms with Gasteiger partial charge in [-0.25, -0.2) is 9.98 Å². The molecular formula is C50H36N2O. The number of amidine groups is 1. The minimum absolute atomic E-state index is 0.608. The van der Waals surface area contributed by atoms with E-state index in [1.165, 1.54) is 38.9 Å². The van der Waals surface area contributed by atoms with E-state index in [0.29, 0.717) is 5.84 Å². The van der Waals surface area contributed by atoms with Crippen molar-refractivity contribution in [1.82, 2.24) is 0 Å². The van der Waals surface area contributed by atoms with E-state index >= 15 is 0 Å². The van der Waals surface area contributed by atoms with Gasteiger partial charge in [-0.2, -0.15) is 0 Å². The quantitative estimate of drug-likeness (QED) is 0.135. The minimum atomic E-state index is -0.608. The van der Waals surface area contributed by atoms with Crippen molar-refractivity contribution in [1.29, 1.82) is 0 Å². The number of para-hydroxylation sites is 1. The van der Waals surface area contributed by atoms with Crippen LogP contribution in [-0.2, 0) is 5.41 Å². The number of furan rings is 1. The van der Waals surface area contributed by atoms with Crippen molar-refractivity contribution >= 4 is 39.2 Å². The highest BCUT2D eigenvalue weighted by molar-refractivity contribution is 6.17. The lowest BCUT2D eigenvalue weighted by atomic mass is 9.70. The highest BCUT2D eigenvalue weighted by atomic mass is 16.3. The van der Waals surface area contributed by atoms with Crippen LogP contribution in [0.3, 0.4) is 0 Å². The molecule has 7 aromatic carbocycles. The summed E-state index contributed by atoms with van der Waals surface area (Å²) < 4.78 is 6.90. The maximum atomic E-state index is 6.90. The van der Waals surface area contributed by atoms with Crippen LogP contribution in [0.5, 0.6) is 0 Å². The van der Waals surface area contributed by atoms with Gasteiger partial charge in [0, 0.05) is 33.2 Å². The van der Waals surface area contributed by atoms with E-state index < -0.39 is 5.41 Å². The summed E-state index contributed by atoms with van der Waals surface area (Å²) in [6.45, 7) is 6.33. The van der Waals surface area contributed by atoms with E-state index in [4.69, 9.17) is 14.4 Å². The van der Waals surface area contributed by atoms with Crippen LogP contribution in [0.25, 0.3) is 49.9 Å². The van der Waals surface area contributed by atoms with E-state index in [9.17, 15) is 0 Å². The normalized spacial score (nSPS) is 15.8. The highest BCUT2D eigenvalue weighted by Gasteiger charge is 2.54. The molecule has 1 unspecified atom stereocenters. The molecule has 252 valence electrons. The highest BCUT2D eigenvalue weighted by Crippen LogP contribution is 2.65. The summed E-state index contributed by atoms with van der Waals surface area (Å²) in [7, 11) is 0. The molecule has 0 fully saturated rings. The van der Waals surface area contributed by atoms with Crippen molar-refractivity contribution < 1.29 is 4.42 Å². The van der Waals surface area contributed by atoms with E-state index in [1.807, 2.05) is 12.1 Å². The van der Waals surface area contributed by atoms with Gasteiger partial charge in [-0.15, -0.1) is 0 Å². The lowest BCUT2D eigenvalue weighted by Gasteiger charge is -2.30. The first-order chi connectivity index (χ1) is 26.1. The number of aliphatic imine (C=N–C) groups is 2. The molecule has 1 heterocycles. The second-order valence-corrected chi connectivity index (χ2v) is 14.2. The van der Waals surface area contributed by atoms with Crippen molar-refractivity contribution in [2.24, 2.45) is 9.98 Å². The maximum Gasteiger partial charge on any atom is 0.160 e. The molecule has 0 saturated carbocycles. The Bertz CT molecular complexity index is 2850. The van der Waals surface area contributed by atoms with Gasteiger partial charge in [-0.3, -0.25) is 0 Å². The van der Waals surface area contributed by atoms with Gasteiger partial charge in [0.2, 0.25) is 0 Å². The largest absolute Gasteiger partial charge is 0.456 e. The molecule has 8 aromatic rings. The molecule has 1 atom stereocenters. The zero-order chi connectivity index (χ0) is 35.7. The molecule has 53 heavy (non-hydrogen) atoms. The van der Waals surface area contributed by atoms with Crippen molar-refractivity contribution in [2.75, 3.05) is 0 Å². The van der Waals surface area contributed by atoms with Gasteiger partial charge in [0.1, 0.15) is 11.2 Å². The molecule has 1 aromatic heterocycles. The molecule has 0 N–H and O–H groups in total. The molecule has 0 amide bonds. The Kier molecular flexibility index (Phi) is 7.06. The monoisotopic (exact) mass is 680 g/mol. The summed E-state index contributed by atoms with van der Waals surface area (Å²) in [5, 5.41) is 2.27. The fourth-order valence-electron chi connectivity index (χ4n) is 8.85. The number of fused-ring (bicyclic) bond motifs is 14. The zero-order valence-electron chi connectivity index (χ0n) is 29.9. The Hall–Kier alpha value is -6.58. The van der Waals surface area contributed by atoms with Gasteiger partial charge < -0.3 is 4.42 Å². The molecule has 3 nitrogen and oxygen atoms in total. The van der Waals surface area contributed by atoms with E-state index in [-0.39, 0.29) is 0 Å². The minimum Gasteiger partial charge on any atom is -0.456 e. The number of hydrogen-bond acceptors (Lipinski definition) is 2. The van der Waals surface area contributed by atoms with E-state index in [2.05, 4.69) is 172 Å². The Labute approximate surface area is 309 Å². The molecule has 1 spiro atoms. The second-order valence-electron chi connectivity index (χ2n) is 14.2. The summed E-state index contributed by atoms with van der Waals surface area (Å²) in [6.07, 6.45) is 0. The second kappa shape index (κ2) is 12.0. The standard InChI is InChI=1S/C50H36N2O/c1-31(2)47(34-19-8-5-9-20-34)52-49(51-32(3)33-17-6-4-7-18-33)40-24-16-27-43-45(40)39-23-11-14-26-42(39)50(43)41-25-13-10-21-35(41)37-29-30-38-36-22-12-15-28-44(36)53-48(38)46(37)50/h4-30H,1-3H3. The van der Waals surface area contributed by atoms with Crippen LogP contribution in [0.15, 0.2) is 184 Å². The third-order valence-electron chi connectivity index (χ3n) is 11.1. The molecular weight excluding hydrogens is 645 g/mol. The lowest BCUT2D eigenvalue weighted by molar-refractivity contribution is 0.652. The topological polar surface area (TPSA) is 37.9 Å².